The molecule has 4 N–H and O–H groups in total. The van der Waals surface area contributed by atoms with E-state index in [1.54, 1.807) is 6.33 Å². The van der Waals surface area contributed by atoms with Crippen LogP contribution in [0.15, 0.2) is 72.0 Å². The molecule has 152 valence electrons. The summed E-state index contributed by atoms with van der Waals surface area (Å²) in [4.78, 5) is 12.0. The van der Waals surface area contributed by atoms with Crippen molar-refractivity contribution in [3.63, 3.8) is 0 Å². The number of aliphatic imine (C=N–C) groups is 1. The zero-order chi connectivity index (χ0) is 20.5. The molecule has 0 aliphatic rings. The molecule has 0 amide bonds. The fraction of sp³-hybridized carbons (Fsp3) is 0.333. The van der Waals surface area contributed by atoms with Crippen LogP contribution in [0.2, 0.25) is 0 Å². The van der Waals surface area contributed by atoms with Gasteiger partial charge in [-0.25, -0.2) is 4.98 Å². The predicted octanol–water partition coefficient (Wildman–Crippen LogP) is 4.02. The lowest BCUT2D eigenvalue weighted by Crippen LogP contribution is -2.33. The monoisotopic (exact) mass is 389 g/mol. The molecule has 1 heterocycles. The van der Waals surface area contributed by atoms with Crippen LogP contribution in [0.25, 0.3) is 0 Å². The highest BCUT2D eigenvalue weighted by Crippen LogP contribution is 2.27. The largest absolute Gasteiger partial charge is 0.370 e. The summed E-state index contributed by atoms with van der Waals surface area (Å²) in [5, 5.41) is 3.28. The molecular formula is C24H31N5. The van der Waals surface area contributed by atoms with E-state index in [1.807, 2.05) is 6.92 Å². The quantitative estimate of drug-likeness (QED) is 0.382. The number of hydrogen-bond acceptors (Lipinski definition) is 2. The van der Waals surface area contributed by atoms with Crippen LogP contribution >= 0.6 is 0 Å². The molecule has 0 aliphatic carbocycles. The normalized spacial score (nSPS) is 12.9. The number of nitrogens with two attached hydrogens (primary N) is 1. The van der Waals surface area contributed by atoms with Crippen LogP contribution < -0.4 is 11.1 Å². The molecule has 0 radical (unpaired) electrons. The van der Waals surface area contributed by atoms with Gasteiger partial charge in [0.05, 0.1) is 12.0 Å². The number of benzene rings is 2. The van der Waals surface area contributed by atoms with E-state index in [-0.39, 0.29) is 0 Å². The second-order valence-corrected chi connectivity index (χ2v) is 7.60. The van der Waals surface area contributed by atoms with Crippen molar-refractivity contribution in [2.24, 2.45) is 16.6 Å². The summed E-state index contributed by atoms with van der Waals surface area (Å²) in [6.07, 6.45) is 3.59. The summed E-state index contributed by atoms with van der Waals surface area (Å²) in [5.41, 5.74) is 11.0. The molecule has 3 rings (SSSR count). The highest BCUT2D eigenvalue weighted by atomic mass is 15.1. The SMILES string of the molecule is Cc1[nH]cnc1CC(C)CN=C(N)NCCC(c1ccccc1)c1ccccc1. The van der Waals surface area contributed by atoms with Crippen LogP contribution in [0.5, 0.6) is 0 Å². The van der Waals surface area contributed by atoms with E-state index >= 15 is 0 Å². The first kappa shape index (κ1) is 20.6. The standard InChI is InChI=1S/C24H31N5/c1-18(15-23-19(2)28-17-29-23)16-27-24(25)26-14-13-22(20-9-5-3-6-10-20)21-11-7-4-8-12-21/h3-12,17-18,22H,13-16H2,1-2H3,(H,28,29)(H3,25,26,27). The Morgan fingerprint density at radius 1 is 1.07 bits per heavy atom. The summed E-state index contributed by atoms with van der Waals surface area (Å²) in [5.74, 6) is 1.23. The molecule has 0 aliphatic heterocycles. The Bertz CT molecular complexity index is 846. The fourth-order valence-corrected chi connectivity index (χ4v) is 3.54. The van der Waals surface area contributed by atoms with Gasteiger partial charge in [0.15, 0.2) is 5.96 Å². The van der Waals surface area contributed by atoms with E-state index < -0.39 is 0 Å². The molecule has 1 aromatic heterocycles. The first-order valence-corrected chi connectivity index (χ1v) is 10.3. The Morgan fingerprint density at radius 3 is 2.24 bits per heavy atom. The van der Waals surface area contributed by atoms with Crippen molar-refractivity contribution in [1.29, 1.82) is 0 Å². The Hall–Kier alpha value is -3.08. The fourth-order valence-electron chi connectivity index (χ4n) is 3.54. The highest BCUT2D eigenvalue weighted by molar-refractivity contribution is 5.77. The Kier molecular flexibility index (Phi) is 7.45. The molecular weight excluding hydrogens is 358 g/mol. The van der Waals surface area contributed by atoms with Crippen LogP contribution in [-0.2, 0) is 6.42 Å². The van der Waals surface area contributed by atoms with Crippen LogP contribution in [0.3, 0.4) is 0 Å². The molecule has 29 heavy (non-hydrogen) atoms. The number of nitrogens with one attached hydrogen (secondary N) is 2. The van der Waals surface area contributed by atoms with Crippen molar-refractivity contribution in [3.05, 3.63) is 89.5 Å². The van der Waals surface area contributed by atoms with Crippen molar-refractivity contribution in [1.82, 2.24) is 15.3 Å². The molecule has 0 saturated carbocycles. The lowest BCUT2D eigenvalue weighted by atomic mass is 9.88. The smallest absolute Gasteiger partial charge is 0.188 e. The molecule has 5 heteroatoms. The third-order valence-corrected chi connectivity index (χ3v) is 5.19. The molecule has 0 bridgehead atoms. The minimum atomic E-state index is 0.333. The van der Waals surface area contributed by atoms with Crippen molar-refractivity contribution < 1.29 is 0 Å². The van der Waals surface area contributed by atoms with Gasteiger partial charge in [-0.2, -0.15) is 0 Å². The van der Waals surface area contributed by atoms with Gasteiger partial charge in [-0.3, -0.25) is 4.99 Å². The number of rotatable bonds is 9. The first-order valence-electron chi connectivity index (χ1n) is 10.3. The number of guanidine groups is 1. The van der Waals surface area contributed by atoms with Crippen molar-refractivity contribution in [2.75, 3.05) is 13.1 Å². The van der Waals surface area contributed by atoms with Crippen LogP contribution in [-0.4, -0.2) is 29.0 Å². The van der Waals surface area contributed by atoms with Gasteiger partial charge in [-0.1, -0.05) is 67.6 Å². The second kappa shape index (κ2) is 10.5. The molecule has 0 spiro atoms. The number of aromatic amines is 1. The van der Waals surface area contributed by atoms with Crippen molar-refractivity contribution in [3.8, 4) is 0 Å². The topological polar surface area (TPSA) is 79.1 Å². The summed E-state index contributed by atoms with van der Waals surface area (Å²) in [6, 6.07) is 21.2. The van der Waals surface area contributed by atoms with Crippen LogP contribution in [0.1, 0.15) is 41.8 Å². The predicted molar refractivity (Wildman–Crippen MR) is 120 cm³/mol. The van der Waals surface area contributed by atoms with E-state index in [0.717, 1.165) is 30.8 Å². The Morgan fingerprint density at radius 2 is 1.69 bits per heavy atom. The molecule has 5 nitrogen and oxygen atoms in total. The molecule has 0 fully saturated rings. The van der Waals surface area contributed by atoms with E-state index in [4.69, 9.17) is 5.73 Å². The lowest BCUT2D eigenvalue weighted by Gasteiger charge is -2.18. The zero-order valence-electron chi connectivity index (χ0n) is 17.3. The summed E-state index contributed by atoms with van der Waals surface area (Å²) in [6.45, 7) is 5.68. The number of aromatic nitrogens is 2. The summed E-state index contributed by atoms with van der Waals surface area (Å²) in [7, 11) is 0. The third-order valence-electron chi connectivity index (χ3n) is 5.19. The third kappa shape index (κ3) is 6.21. The molecule has 1 atom stereocenters. The molecule has 0 saturated heterocycles. The number of hydrogen-bond donors (Lipinski definition) is 3. The average Bonchev–Trinajstić information content (AvgIpc) is 3.15. The maximum atomic E-state index is 6.11. The van der Waals surface area contributed by atoms with Gasteiger partial charge in [-0.15, -0.1) is 0 Å². The highest BCUT2D eigenvalue weighted by Gasteiger charge is 2.13. The van der Waals surface area contributed by atoms with Gasteiger partial charge in [0.2, 0.25) is 0 Å². The first-order chi connectivity index (χ1) is 14.1. The van der Waals surface area contributed by atoms with Crippen molar-refractivity contribution >= 4 is 5.96 Å². The minimum Gasteiger partial charge on any atom is -0.370 e. The second-order valence-electron chi connectivity index (χ2n) is 7.60. The van der Waals surface area contributed by atoms with E-state index in [0.29, 0.717) is 24.3 Å². The average molecular weight is 390 g/mol. The zero-order valence-corrected chi connectivity index (χ0v) is 17.3. The van der Waals surface area contributed by atoms with Gasteiger partial charge in [0.25, 0.3) is 0 Å². The van der Waals surface area contributed by atoms with Crippen molar-refractivity contribution in [2.45, 2.75) is 32.6 Å². The molecule has 1 unspecified atom stereocenters. The maximum absolute atomic E-state index is 6.11. The number of imidazole rings is 1. The van der Waals surface area contributed by atoms with E-state index in [9.17, 15) is 0 Å². The minimum absolute atomic E-state index is 0.333. The Balaban J connectivity index is 1.52. The van der Waals surface area contributed by atoms with Gasteiger partial charge in [0.1, 0.15) is 0 Å². The van der Waals surface area contributed by atoms with Gasteiger partial charge in [-0.05, 0) is 36.8 Å². The molecule has 3 aromatic rings. The van der Waals surface area contributed by atoms with E-state index in [2.05, 4.69) is 87.9 Å². The summed E-state index contributed by atoms with van der Waals surface area (Å²) >= 11 is 0. The summed E-state index contributed by atoms with van der Waals surface area (Å²) < 4.78 is 0. The van der Waals surface area contributed by atoms with Gasteiger partial charge in [0, 0.05) is 24.7 Å². The Labute approximate surface area is 173 Å². The lowest BCUT2D eigenvalue weighted by molar-refractivity contribution is 0.582. The van der Waals surface area contributed by atoms with E-state index in [1.165, 1.54) is 11.1 Å². The van der Waals surface area contributed by atoms with Gasteiger partial charge < -0.3 is 16.0 Å². The number of nitrogens with zero attached hydrogens (tertiary/aromatic N) is 2. The van der Waals surface area contributed by atoms with Crippen LogP contribution in [0, 0.1) is 12.8 Å². The molecule has 2 aromatic carbocycles. The van der Waals surface area contributed by atoms with Gasteiger partial charge >= 0.3 is 0 Å². The number of aryl methyl sites for hydroxylation is 1. The maximum Gasteiger partial charge on any atom is 0.188 e. The number of H-pyrrole nitrogens is 1. The van der Waals surface area contributed by atoms with Crippen LogP contribution in [0.4, 0.5) is 0 Å².